The number of carboxylic acid groups (broad SMARTS) is 1. The third-order valence-corrected chi connectivity index (χ3v) is 7.31. The normalized spacial score (nSPS) is 13.2. The van der Waals surface area contributed by atoms with Gasteiger partial charge in [0.15, 0.2) is 0 Å². The average Bonchev–Trinajstić information content (AvgIpc) is 3.15. The number of carbonyl (C=O) groups is 1. The van der Waals surface area contributed by atoms with Crippen molar-refractivity contribution in [2.75, 3.05) is 12.4 Å². The molecule has 1 aromatic carbocycles. The Balaban J connectivity index is 1.56. The van der Waals surface area contributed by atoms with Gasteiger partial charge in [0.05, 0.1) is 17.5 Å². The summed E-state index contributed by atoms with van der Waals surface area (Å²) in [5.41, 5.74) is 2.46. The van der Waals surface area contributed by atoms with Crippen molar-refractivity contribution in [3.05, 3.63) is 45.1 Å². The first kappa shape index (κ1) is 22.8. The molecule has 0 fully saturated rings. The maximum atomic E-state index is 10.7. The van der Waals surface area contributed by atoms with Crippen LogP contribution in [0.15, 0.2) is 18.2 Å². The number of fused-ring (bicyclic) bond motifs is 3. The van der Waals surface area contributed by atoms with E-state index in [2.05, 4.69) is 5.32 Å². The fraction of sp³-hybridized carbons (Fsp3) is 0.458. The quantitative estimate of drug-likeness (QED) is 0.349. The number of hydrogen-bond donors (Lipinski definition) is 2. The van der Waals surface area contributed by atoms with Gasteiger partial charge in [-0.3, -0.25) is 4.79 Å². The van der Waals surface area contributed by atoms with Gasteiger partial charge < -0.3 is 15.2 Å². The van der Waals surface area contributed by atoms with Crippen LogP contribution >= 0.6 is 22.9 Å². The molecule has 0 saturated heterocycles. The van der Waals surface area contributed by atoms with Crippen LogP contribution in [0.4, 0.5) is 5.82 Å². The van der Waals surface area contributed by atoms with E-state index in [-0.39, 0.29) is 6.42 Å². The van der Waals surface area contributed by atoms with Gasteiger partial charge in [-0.05, 0) is 61.8 Å². The third kappa shape index (κ3) is 5.33. The van der Waals surface area contributed by atoms with Crippen LogP contribution in [0.25, 0.3) is 10.2 Å². The molecule has 170 valence electrons. The van der Waals surface area contributed by atoms with E-state index in [0.29, 0.717) is 23.7 Å². The fourth-order valence-corrected chi connectivity index (χ4v) is 5.74. The van der Waals surface area contributed by atoms with Crippen LogP contribution in [0.5, 0.6) is 5.75 Å². The van der Waals surface area contributed by atoms with Crippen LogP contribution in [0.3, 0.4) is 0 Å². The van der Waals surface area contributed by atoms with Crippen molar-refractivity contribution >= 4 is 44.9 Å². The molecule has 0 saturated carbocycles. The van der Waals surface area contributed by atoms with E-state index in [1.807, 2.05) is 18.2 Å². The van der Waals surface area contributed by atoms with Gasteiger partial charge in [-0.2, -0.15) is 0 Å². The number of aryl methyl sites for hydroxylation is 3. The molecule has 0 amide bonds. The Kier molecular flexibility index (Phi) is 7.48. The second-order valence-electron chi connectivity index (χ2n) is 8.16. The number of aliphatic carboxylic acids is 1. The number of nitrogens with zero attached hydrogens (tertiary/aromatic N) is 2. The number of aromatic nitrogens is 2. The summed E-state index contributed by atoms with van der Waals surface area (Å²) in [5.74, 6) is 1.64. The van der Waals surface area contributed by atoms with E-state index in [1.54, 1.807) is 18.4 Å². The summed E-state index contributed by atoms with van der Waals surface area (Å²) in [5, 5.41) is 14.1. The lowest BCUT2D eigenvalue weighted by Gasteiger charge is -2.14. The molecule has 6 nitrogen and oxygen atoms in total. The molecule has 0 spiro atoms. The van der Waals surface area contributed by atoms with Gasteiger partial charge in [0.1, 0.15) is 22.2 Å². The number of benzene rings is 1. The molecule has 8 heteroatoms. The lowest BCUT2D eigenvalue weighted by atomic mass is 9.97. The van der Waals surface area contributed by atoms with Crippen LogP contribution in [0, 0.1) is 0 Å². The predicted octanol–water partition coefficient (Wildman–Crippen LogP) is 6.03. The van der Waals surface area contributed by atoms with Gasteiger partial charge in [0, 0.05) is 24.3 Å². The minimum Gasteiger partial charge on any atom is -0.495 e. The molecule has 1 aliphatic rings. The van der Waals surface area contributed by atoms with E-state index < -0.39 is 5.97 Å². The summed E-state index contributed by atoms with van der Waals surface area (Å²) in [7, 11) is 1.61. The molecule has 0 aliphatic heterocycles. The fourth-order valence-electron chi connectivity index (χ4n) is 4.18. The number of unbranched alkanes of at least 4 members (excludes halogenated alkanes) is 2. The summed E-state index contributed by atoms with van der Waals surface area (Å²) in [6.45, 7) is 0.610. The molecule has 2 heterocycles. The molecule has 3 aromatic rings. The van der Waals surface area contributed by atoms with Crippen LogP contribution < -0.4 is 10.1 Å². The van der Waals surface area contributed by atoms with Crippen LogP contribution in [-0.4, -0.2) is 28.2 Å². The van der Waals surface area contributed by atoms with Crippen molar-refractivity contribution in [2.24, 2.45) is 0 Å². The SMILES string of the molecule is COc1ccc(CNc2nc(CCCCCC(=O)O)nc3sc4c(c23)CCCC4)cc1Cl. The number of rotatable bonds is 10. The minimum absolute atomic E-state index is 0.217. The van der Waals surface area contributed by atoms with E-state index in [0.717, 1.165) is 54.1 Å². The number of anilines is 1. The highest BCUT2D eigenvalue weighted by molar-refractivity contribution is 7.19. The largest absolute Gasteiger partial charge is 0.495 e. The maximum absolute atomic E-state index is 10.7. The number of nitrogens with one attached hydrogen (secondary N) is 1. The third-order valence-electron chi connectivity index (χ3n) is 5.83. The van der Waals surface area contributed by atoms with E-state index >= 15 is 0 Å². The van der Waals surface area contributed by atoms with Gasteiger partial charge in [0.25, 0.3) is 0 Å². The number of thiophene rings is 1. The topological polar surface area (TPSA) is 84.3 Å². The van der Waals surface area contributed by atoms with Crippen molar-refractivity contribution in [2.45, 2.75) is 64.3 Å². The second-order valence-corrected chi connectivity index (χ2v) is 9.65. The van der Waals surface area contributed by atoms with Gasteiger partial charge in [-0.25, -0.2) is 9.97 Å². The van der Waals surface area contributed by atoms with E-state index in [1.165, 1.54) is 28.7 Å². The number of carboxylic acids is 1. The van der Waals surface area contributed by atoms with Crippen LogP contribution in [0.2, 0.25) is 5.02 Å². The predicted molar refractivity (Wildman–Crippen MR) is 129 cm³/mol. The summed E-state index contributed by atoms with van der Waals surface area (Å²) in [6, 6.07) is 5.80. The van der Waals surface area contributed by atoms with Crippen LogP contribution in [0.1, 0.15) is 60.4 Å². The van der Waals surface area contributed by atoms with Crippen LogP contribution in [-0.2, 0) is 30.6 Å². The summed E-state index contributed by atoms with van der Waals surface area (Å²) in [4.78, 5) is 23.0. The zero-order valence-electron chi connectivity index (χ0n) is 18.2. The first-order valence-corrected chi connectivity index (χ1v) is 12.3. The lowest BCUT2D eigenvalue weighted by Crippen LogP contribution is -2.07. The number of ether oxygens (including phenoxy) is 1. The Morgan fingerprint density at radius 2 is 2.06 bits per heavy atom. The first-order chi connectivity index (χ1) is 15.5. The van der Waals surface area contributed by atoms with Gasteiger partial charge in [-0.1, -0.05) is 24.1 Å². The van der Waals surface area contributed by atoms with Gasteiger partial charge in [-0.15, -0.1) is 11.3 Å². The minimum atomic E-state index is -0.739. The molecule has 0 atom stereocenters. The Hall–Kier alpha value is -2.38. The highest BCUT2D eigenvalue weighted by atomic mass is 35.5. The molecule has 0 radical (unpaired) electrons. The molecule has 32 heavy (non-hydrogen) atoms. The van der Waals surface area contributed by atoms with Crippen molar-refractivity contribution < 1.29 is 14.6 Å². The molecule has 2 N–H and O–H groups in total. The highest BCUT2D eigenvalue weighted by Crippen LogP contribution is 2.39. The summed E-state index contributed by atoms with van der Waals surface area (Å²) in [6.07, 6.45) is 8.04. The van der Waals surface area contributed by atoms with Crippen molar-refractivity contribution in [3.63, 3.8) is 0 Å². The number of hydrogen-bond acceptors (Lipinski definition) is 6. The van der Waals surface area contributed by atoms with Crippen molar-refractivity contribution in [3.8, 4) is 5.75 Å². The van der Waals surface area contributed by atoms with Crippen molar-refractivity contribution in [1.82, 2.24) is 9.97 Å². The number of methoxy groups -OCH3 is 1. The summed E-state index contributed by atoms with van der Waals surface area (Å²) < 4.78 is 5.25. The van der Waals surface area contributed by atoms with Gasteiger partial charge in [0.2, 0.25) is 0 Å². The monoisotopic (exact) mass is 473 g/mol. The molecule has 0 unspecified atom stereocenters. The molecular formula is C24H28ClN3O3S. The Morgan fingerprint density at radius 3 is 2.84 bits per heavy atom. The molecular weight excluding hydrogens is 446 g/mol. The zero-order valence-corrected chi connectivity index (χ0v) is 19.8. The molecule has 4 rings (SSSR count). The lowest BCUT2D eigenvalue weighted by molar-refractivity contribution is -0.137. The smallest absolute Gasteiger partial charge is 0.303 e. The Morgan fingerprint density at radius 1 is 1.22 bits per heavy atom. The van der Waals surface area contributed by atoms with E-state index in [4.69, 9.17) is 31.4 Å². The first-order valence-electron chi connectivity index (χ1n) is 11.1. The Labute approximate surface area is 197 Å². The van der Waals surface area contributed by atoms with Crippen molar-refractivity contribution in [1.29, 1.82) is 0 Å². The molecule has 1 aliphatic carbocycles. The maximum Gasteiger partial charge on any atom is 0.303 e. The van der Waals surface area contributed by atoms with Gasteiger partial charge >= 0.3 is 5.97 Å². The standard InChI is InChI=1S/C24H28ClN3O3S/c1-31-18-12-11-15(13-17(18)25)14-26-23-22-16-7-5-6-8-19(16)32-24(22)28-20(27-23)9-3-2-4-10-21(29)30/h11-13H,2-10,14H2,1H3,(H,29,30)(H,26,27,28). The van der Waals surface area contributed by atoms with E-state index in [9.17, 15) is 4.79 Å². The Bertz CT molecular complexity index is 1120. The molecule has 2 aromatic heterocycles. The number of halogens is 1. The highest BCUT2D eigenvalue weighted by Gasteiger charge is 2.21. The average molecular weight is 474 g/mol. The summed E-state index contributed by atoms with van der Waals surface area (Å²) >= 11 is 8.10. The molecule has 0 bridgehead atoms. The zero-order chi connectivity index (χ0) is 22.5. The second kappa shape index (κ2) is 10.5.